The molecule has 6 heteroatoms. The molecule has 0 aliphatic carbocycles. The summed E-state index contributed by atoms with van der Waals surface area (Å²) in [5, 5.41) is 3.22. The average molecular weight is 398 g/mol. The summed E-state index contributed by atoms with van der Waals surface area (Å²) in [6.45, 7) is 3.85. The molecule has 0 aromatic heterocycles. The minimum Gasteiger partial charge on any atom is -0.493 e. The summed E-state index contributed by atoms with van der Waals surface area (Å²) in [6, 6.07) is 12.1. The summed E-state index contributed by atoms with van der Waals surface area (Å²) in [4.78, 5) is 15.1. The maximum atomic E-state index is 13.2. The lowest BCUT2D eigenvalue weighted by atomic mass is 9.93. The first-order valence-corrected chi connectivity index (χ1v) is 10.1. The molecule has 0 radical (unpaired) electrons. The van der Waals surface area contributed by atoms with Crippen LogP contribution in [0.25, 0.3) is 0 Å². The first kappa shape index (κ1) is 19.9. The van der Waals surface area contributed by atoms with Crippen molar-refractivity contribution in [2.75, 3.05) is 33.4 Å². The molecule has 0 bridgehead atoms. The van der Waals surface area contributed by atoms with Crippen LogP contribution in [-0.4, -0.2) is 49.8 Å². The molecule has 1 amide bonds. The monoisotopic (exact) mass is 398 g/mol. The van der Waals surface area contributed by atoms with Crippen molar-refractivity contribution in [3.8, 4) is 5.75 Å². The van der Waals surface area contributed by atoms with E-state index in [-0.39, 0.29) is 17.3 Å². The fourth-order valence-corrected chi connectivity index (χ4v) is 4.27. The lowest BCUT2D eigenvalue weighted by Gasteiger charge is -2.31. The van der Waals surface area contributed by atoms with Gasteiger partial charge in [0.15, 0.2) is 0 Å². The highest BCUT2D eigenvalue weighted by atomic mass is 19.1. The minimum atomic E-state index is -0.346. The number of nitrogens with zero attached hydrogens (tertiary/aromatic N) is 1. The highest BCUT2D eigenvalue weighted by molar-refractivity contribution is 5.94. The van der Waals surface area contributed by atoms with Gasteiger partial charge in [0.05, 0.1) is 12.1 Å². The van der Waals surface area contributed by atoms with Crippen LogP contribution in [0.15, 0.2) is 42.5 Å². The molecule has 2 aliphatic rings. The SMILES string of the molecule is COCCC1(NC(=O)c2ccc(F)cc2)CCN(Cc2ccc3c(c2)CCO3)C1. The second-order valence-electron chi connectivity index (χ2n) is 7.99. The Balaban J connectivity index is 1.44. The minimum absolute atomic E-state index is 0.169. The maximum absolute atomic E-state index is 13.2. The van der Waals surface area contributed by atoms with Gasteiger partial charge in [-0.3, -0.25) is 9.69 Å². The van der Waals surface area contributed by atoms with Gasteiger partial charge in [-0.15, -0.1) is 0 Å². The highest BCUT2D eigenvalue weighted by Gasteiger charge is 2.39. The molecular formula is C23H27FN2O3. The van der Waals surface area contributed by atoms with Gasteiger partial charge in [0, 0.05) is 45.3 Å². The molecule has 5 nitrogen and oxygen atoms in total. The van der Waals surface area contributed by atoms with Crippen LogP contribution in [0.2, 0.25) is 0 Å². The fourth-order valence-electron chi connectivity index (χ4n) is 4.27. The maximum Gasteiger partial charge on any atom is 0.251 e. The smallest absolute Gasteiger partial charge is 0.251 e. The molecule has 2 heterocycles. The van der Waals surface area contributed by atoms with Gasteiger partial charge in [0.2, 0.25) is 0 Å². The predicted octanol–water partition coefficient (Wildman–Crippen LogP) is 3.17. The number of carbonyl (C=O) groups excluding carboxylic acids is 1. The van der Waals surface area contributed by atoms with Crippen molar-refractivity contribution in [1.29, 1.82) is 0 Å². The van der Waals surface area contributed by atoms with Gasteiger partial charge in [0.25, 0.3) is 5.91 Å². The van der Waals surface area contributed by atoms with E-state index in [0.29, 0.717) is 12.2 Å². The number of rotatable bonds is 7. The Kier molecular flexibility index (Phi) is 5.83. The fraction of sp³-hybridized carbons (Fsp3) is 0.435. The van der Waals surface area contributed by atoms with Crippen molar-refractivity contribution in [3.05, 3.63) is 65.0 Å². The standard InChI is InChI=1S/C23H27FN2O3/c1-28-13-10-23(25-22(27)18-3-5-20(24)6-4-18)9-11-26(16-23)15-17-2-7-21-19(14-17)8-12-29-21/h2-7,14H,8-13,15-16H2,1H3,(H,25,27). The van der Waals surface area contributed by atoms with Gasteiger partial charge < -0.3 is 14.8 Å². The molecular weight excluding hydrogens is 371 g/mol. The van der Waals surface area contributed by atoms with Crippen LogP contribution in [0.3, 0.4) is 0 Å². The Morgan fingerprint density at radius 3 is 2.90 bits per heavy atom. The number of fused-ring (bicyclic) bond motifs is 1. The average Bonchev–Trinajstić information content (AvgIpc) is 3.34. The zero-order chi connectivity index (χ0) is 20.3. The molecule has 29 heavy (non-hydrogen) atoms. The number of methoxy groups -OCH3 is 1. The van der Waals surface area contributed by atoms with E-state index in [1.807, 2.05) is 0 Å². The first-order valence-electron chi connectivity index (χ1n) is 10.1. The van der Waals surface area contributed by atoms with Crippen molar-refractivity contribution < 1.29 is 18.7 Å². The van der Waals surface area contributed by atoms with E-state index in [4.69, 9.17) is 9.47 Å². The van der Waals surface area contributed by atoms with Crippen LogP contribution in [0.4, 0.5) is 4.39 Å². The van der Waals surface area contributed by atoms with E-state index < -0.39 is 0 Å². The number of ether oxygens (including phenoxy) is 2. The van der Waals surface area contributed by atoms with E-state index >= 15 is 0 Å². The molecule has 0 saturated carbocycles. The topological polar surface area (TPSA) is 50.8 Å². The molecule has 2 aromatic rings. The van der Waals surface area contributed by atoms with Gasteiger partial charge in [-0.2, -0.15) is 0 Å². The quantitative estimate of drug-likeness (QED) is 0.778. The molecule has 1 fully saturated rings. The third-order valence-electron chi connectivity index (χ3n) is 5.86. The zero-order valence-corrected chi connectivity index (χ0v) is 16.7. The third kappa shape index (κ3) is 4.60. The van der Waals surface area contributed by atoms with E-state index in [1.54, 1.807) is 7.11 Å². The van der Waals surface area contributed by atoms with Crippen molar-refractivity contribution >= 4 is 5.91 Å². The summed E-state index contributed by atoms with van der Waals surface area (Å²) >= 11 is 0. The third-order valence-corrected chi connectivity index (χ3v) is 5.86. The number of benzene rings is 2. The van der Waals surface area contributed by atoms with Crippen LogP contribution >= 0.6 is 0 Å². The van der Waals surface area contributed by atoms with Crippen molar-refractivity contribution in [3.63, 3.8) is 0 Å². The lowest BCUT2D eigenvalue weighted by molar-refractivity contribution is 0.0864. The van der Waals surface area contributed by atoms with Crippen LogP contribution < -0.4 is 10.1 Å². The van der Waals surface area contributed by atoms with Crippen molar-refractivity contribution in [2.24, 2.45) is 0 Å². The molecule has 1 saturated heterocycles. The Morgan fingerprint density at radius 2 is 2.10 bits per heavy atom. The Morgan fingerprint density at radius 1 is 1.28 bits per heavy atom. The second kappa shape index (κ2) is 8.51. The van der Waals surface area contributed by atoms with E-state index in [2.05, 4.69) is 28.4 Å². The van der Waals surface area contributed by atoms with Gasteiger partial charge in [-0.05, 0) is 54.3 Å². The molecule has 154 valence electrons. The Hall–Kier alpha value is -2.44. The van der Waals surface area contributed by atoms with Gasteiger partial charge in [-0.1, -0.05) is 12.1 Å². The number of halogens is 1. The van der Waals surface area contributed by atoms with Gasteiger partial charge in [0.1, 0.15) is 11.6 Å². The van der Waals surface area contributed by atoms with Crippen molar-refractivity contribution in [1.82, 2.24) is 10.2 Å². The van der Waals surface area contributed by atoms with Crippen molar-refractivity contribution in [2.45, 2.75) is 31.3 Å². The number of amides is 1. The Labute approximate surface area is 170 Å². The molecule has 0 spiro atoms. The van der Waals surface area contributed by atoms with Gasteiger partial charge >= 0.3 is 0 Å². The summed E-state index contributed by atoms with van der Waals surface area (Å²) in [5.41, 5.74) is 2.67. The zero-order valence-electron chi connectivity index (χ0n) is 16.7. The summed E-state index contributed by atoms with van der Waals surface area (Å²) < 4.78 is 24.1. The molecule has 4 rings (SSSR count). The number of carbonyl (C=O) groups is 1. The largest absolute Gasteiger partial charge is 0.493 e. The second-order valence-corrected chi connectivity index (χ2v) is 7.99. The highest BCUT2D eigenvalue weighted by Crippen LogP contribution is 2.30. The predicted molar refractivity (Wildman–Crippen MR) is 109 cm³/mol. The lowest BCUT2D eigenvalue weighted by Crippen LogP contribution is -2.51. The van der Waals surface area contributed by atoms with Crippen LogP contribution in [0.5, 0.6) is 5.75 Å². The number of likely N-dealkylation sites (tertiary alicyclic amines) is 1. The number of hydrogen-bond acceptors (Lipinski definition) is 4. The number of nitrogens with one attached hydrogen (secondary N) is 1. The normalized spacial score (nSPS) is 21.0. The Bertz CT molecular complexity index is 871. The molecule has 1 atom stereocenters. The molecule has 1 unspecified atom stereocenters. The van der Waals surface area contributed by atoms with E-state index in [1.165, 1.54) is 35.4 Å². The van der Waals surface area contributed by atoms with Crippen LogP contribution in [0, 0.1) is 5.82 Å². The van der Waals surface area contributed by atoms with Gasteiger partial charge in [-0.25, -0.2) is 4.39 Å². The molecule has 2 aliphatic heterocycles. The number of hydrogen-bond donors (Lipinski definition) is 1. The summed E-state index contributed by atoms with van der Waals surface area (Å²) in [5.74, 6) is 0.483. The first-order chi connectivity index (χ1) is 14.1. The van der Waals surface area contributed by atoms with E-state index in [0.717, 1.165) is 51.3 Å². The summed E-state index contributed by atoms with van der Waals surface area (Å²) in [7, 11) is 1.68. The van der Waals surface area contributed by atoms with Crippen LogP contribution in [-0.2, 0) is 17.7 Å². The van der Waals surface area contributed by atoms with Crippen LogP contribution in [0.1, 0.15) is 34.3 Å². The molecule has 1 N–H and O–H groups in total. The van der Waals surface area contributed by atoms with E-state index in [9.17, 15) is 9.18 Å². The summed E-state index contributed by atoms with van der Waals surface area (Å²) in [6.07, 6.45) is 2.57. The molecule has 2 aromatic carbocycles.